The smallest absolute Gasteiger partial charge is 0.306 e. The molecule has 0 saturated heterocycles. The highest BCUT2D eigenvalue weighted by atomic mass is 16.4. The fourth-order valence-corrected chi connectivity index (χ4v) is 20.3. The van der Waals surface area contributed by atoms with E-state index in [1.165, 1.54) is 277 Å². The van der Waals surface area contributed by atoms with E-state index in [4.69, 9.17) is 0 Å². The molecule has 0 heterocycles. The number of carbonyl (C=O) groups excluding carboxylic acids is 14. The number of ketones is 11. The maximum Gasteiger partial charge on any atom is 0.306 e. The molecule has 826 valence electrons. The molecule has 0 aromatic heterocycles. The highest BCUT2D eigenvalue weighted by Crippen LogP contribution is 2.34. The monoisotopic (exact) mass is 2010 g/mol. The van der Waals surface area contributed by atoms with Crippen LogP contribution in [0.4, 0.5) is 0 Å². The first kappa shape index (κ1) is 136. The van der Waals surface area contributed by atoms with Gasteiger partial charge in [-0.2, -0.15) is 0 Å². The number of hydrogen-bond donors (Lipinski definition) is 6. The van der Waals surface area contributed by atoms with Gasteiger partial charge in [0.05, 0.1) is 17.8 Å². The topological polar surface area (TPSA) is 387 Å². The van der Waals surface area contributed by atoms with Crippen molar-refractivity contribution in [2.24, 2.45) is 53.3 Å². The van der Waals surface area contributed by atoms with Crippen LogP contribution in [0.25, 0.3) is 0 Å². The average molecular weight is 2020 g/mol. The molecule has 3 atom stereocenters. The minimum atomic E-state index is -1.14. The minimum absolute atomic E-state index is 0.00546. The summed E-state index contributed by atoms with van der Waals surface area (Å²) in [6.45, 7) is 15.2. The lowest BCUT2D eigenvalue weighted by molar-refractivity contribution is -0.145. The Bertz CT molecular complexity index is 3400. The number of Topliss-reactive ketones (excluding diaryl/α,β-unsaturated/α-hetero) is 11. The van der Waals surface area contributed by atoms with Crippen molar-refractivity contribution in [2.45, 2.75) is 588 Å². The van der Waals surface area contributed by atoms with Crippen LogP contribution in [0.2, 0.25) is 0 Å². The van der Waals surface area contributed by atoms with E-state index in [0.717, 1.165) is 199 Å². The van der Waals surface area contributed by atoms with E-state index in [0.29, 0.717) is 84.7 Å². The van der Waals surface area contributed by atoms with E-state index in [1.54, 1.807) is 41.5 Å². The Kier molecular flexibility index (Phi) is 90.3. The van der Waals surface area contributed by atoms with Gasteiger partial charge in [-0.3, -0.25) is 52.7 Å². The van der Waals surface area contributed by atoms with Crippen LogP contribution in [0, 0.1) is 53.3 Å². The molecule has 0 spiro atoms. The average Bonchev–Trinajstić information content (AvgIpc) is 0.860. The predicted octanol–water partition coefficient (Wildman–Crippen LogP) is 28.9. The molecule has 23 nitrogen and oxygen atoms in total. The Morgan fingerprint density at radius 3 is 0.559 bits per heavy atom. The van der Waals surface area contributed by atoms with Crippen LogP contribution >= 0.6 is 0 Å². The van der Waals surface area contributed by atoms with Gasteiger partial charge in [-0.15, -0.1) is 0 Å². The van der Waals surface area contributed by atoms with Crippen LogP contribution in [0.3, 0.4) is 0 Å². The van der Waals surface area contributed by atoms with Gasteiger partial charge < -0.3 is 60.0 Å². The second-order valence-corrected chi connectivity index (χ2v) is 44.0. The fourth-order valence-electron chi connectivity index (χ4n) is 20.3. The van der Waals surface area contributed by atoms with Gasteiger partial charge in [0.15, 0.2) is 0 Å². The number of carbonyl (C=O) groups is 17. The molecule has 0 aromatic carbocycles. The predicted molar refractivity (Wildman–Crippen MR) is 577 cm³/mol. The third kappa shape index (κ3) is 90.1. The van der Waals surface area contributed by atoms with Crippen molar-refractivity contribution in [2.75, 3.05) is 19.6 Å². The summed E-state index contributed by atoms with van der Waals surface area (Å²) < 4.78 is 0. The summed E-state index contributed by atoms with van der Waals surface area (Å²) in [4.78, 5) is 197. The highest BCUT2D eigenvalue weighted by Gasteiger charge is 2.32. The molecule has 0 aliphatic heterocycles. The summed E-state index contributed by atoms with van der Waals surface area (Å²) in [5.74, 6) is -2.19. The fraction of sp³-hybridized carbons (Fsp3) is 0.858. The first-order chi connectivity index (χ1) is 68.7. The molecule has 0 aromatic rings. The van der Waals surface area contributed by atoms with Gasteiger partial charge in [0.25, 0.3) is 0 Å². The highest BCUT2D eigenvalue weighted by molar-refractivity contribution is 5.88. The number of rotatable bonds is 93. The molecule has 3 aliphatic carbocycles. The lowest BCUT2D eigenvalue weighted by Gasteiger charge is -2.28. The molecular formula is C120H211N3O20. The van der Waals surface area contributed by atoms with Crippen LogP contribution in [-0.2, 0) is 81.5 Å². The first-order valence-electron chi connectivity index (χ1n) is 58.7. The van der Waals surface area contributed by atoms with E-state index >= 15 is 0 Å². The van der Waals surface area contributed by atoms with Gasteiger partial charge >= 0.3 is 17.9 Å². The van der Waals surface area contributed by atoms with Crippen LogP contribution in [-0.4, -0.2) is 134 Å². The zero-order chi connectivity index (χ0) is 106. The van der Waals surface area contributed by atoms with Gasteiger partial charge in [0, 0.05) is 127 Å². The minimum Gasteiger partial charge on any atom is -0.481 e. The zero-order valence-electron chi connectivity index (χ0n) is 92.3. The lowest BCUT2D eigenvalue weighted by Crippen LogP contribution is -2.33. The standard InChI is InChI=1S/C34H58O8.C32H55NO6.C28H51NO3.C26H47NO3/c1-27(35)19-17-15-13-11-9-7-5-3-4-6-8-10-12-14-16-18-20-31(37)25-30(34(41)42)23-24-32(38)26-29(33(39)40)22-21-28(2)36;1-25(34)15-13-11-9-7-5-3-4-6-8-10-12-14-16-31(37)33-24-27-18-21-28(22-19-27)30(36)23-29(32(38)39)20-17-26(2)35;1-24(30)17-15-13-11-9-7-5-3-4-6-8-10-12-14-16-18-28(32)29-23-26-19-21-27(22-20-26)25(2)31;1-22(28)15-13-11-9-7-5-3-4-6-8-10-12-14-16-26(30)27-21-24-17-19-25(20-18-24)23(2)29/h29-30H,3-26H2,1-2H3,(H,39,40)(H,41,42);27-29H,3-24H2,1-2H3,(H,33,37)(H,38,39);26-27H,3-23H2,1-2H3,(H,29,32);24-25H,3-21H2,1-2H3,(H,27,30)/t29-,30-;27?,28?,29-;;/m11../s1. The Labute approximate surface area is 868 Å². The first-order valence-corrected chi connectivity index (χ1v) is 58.7. The second-order valence-electron chi connectivity index (χ2n) is 44.0. The molecule has 3 saturated carbocycles. The molecule has 3 amide bonds. The van der Waals surface area contributed by atoms with Crippen LogP contribution < -0.4 is 16.0 Å². The summed E-state index contributed by atoms with van der Waals surface area (Å²) in [6.07, 6.45) is 82.9. The molecule has 6 N–H and O–H groups in total. The van der Waals surface area contributed by atoms with Crippen molar-refractivity contribution >= 4 is 99.2 Å². The van der Waals surface area contributed by atoms with Gasteiger partial charge in [0.1, 0.15) is 63.6 Å². The van der Waals surface area contributed by atoms with Crippen molar-refractivity contribution in [1.29, 1.82) is 0 Å². The van der Waals surface area contributed by atoms with Crippen LogP contribution in [0.5, 0.6) is 0 Å². The van der Waals surface area contributed by atoms with Crippen molar-refractivity contribution in [3.63, 3.8) is 0 Å². The molecule has 3 aliphatic rings. The number of nitrogens with one attached hydrogen (secondary N) is 3. The normalized spacial score (nSPS) is 16.6. The molecule has 23 heteroatoms. The third-order valence-corrected chi connectivity index (χ3v) is 30.1. The van der Waals surface area contributed by atoms with Gasteiger partial charge in [-0.25, -0.2) is 0 Å². The summed E-state index contributed by atoms with van der Waals surface area (Å²) in [6, 6.07) is 0. The van der Waals surface area contributed by atoms with Gasteiger partial charge in [-0.1, -0.05) is 295 Å². The summed E-state index contributed by atoms with van der Waals surface area (Å²) in [5, 5.41) is 37.4. The second kappa shape index (κ2) is 94.9. The Balaban J connectivity index is 0.00000190. The third-order valence-electron chi connectivity index (χ3n) is 30.1. The van der Waals surface area contributed by atoms with Crippen molar-refractivity contribution in [3.8, 4) is 0 Å². The number of carboxylic acids is 3. The van der Waals surface area contributed by atoms with Gasteiger partial charge in [0.2, 0.25) is 17.7 Å². The van der Waals surface area contributed by atoms with E-state index in [1.807, 2.05) is 0 Å². The maximum atomic E-state index is 12.6. The van der Waals surface area contributed by atoms with Crippen molar-refractivity contribution in [3.05, 3.63) is 0 Å². The van der Waals surface area contributed by atoms with E-state index in [-0.39, 0.29) is 122 Å². The summed E-state index contributed by atoms with van der Waals surface area (Å²) >= 11 is 0. The molecule has 143 heavy (non-hydrogen) atoms. The molecule has 0 unspecified atom stereocenters. The maximum absolute atomic E-state index is 12.6. The number of aliphatic carboxylic acids is 3. The molecule has 3 rings (SSSR count). The van der Waals surface area contributed by atoms with Crippen molar-refractivity contribution < 1.29 is 96.8 Å². The van der Waals surface area contributed by atoms with Crippen molar-refractivity contribution in [1.82, 2.24) is 16.0 Å². The van der Waals surface area contributed by atoms with E-state index in [2.05, 4.69) is 16.0 Å². The Morgan fingerprint density at radius 1 is 0.196 bits per heavy atom. The zero-order valence-corrected chi connectivity index (χ0v) is 92.3. The molecule has 3 fully saturated rings. The number of amides is 3. The van der Waals surface area contributed by atoms with E-state index < -0.39 is 35.7 Å². The van der Waals surface area contributed by atoms with Crippen LogP contribution in [0.15, 0.2) is 0 Å². The molecular weight excluding hydrogens is 1800 g/mol. The Morgan fingerprint density at radius 2 is 0.364 bits per heavy atom. The summed E-state index contributed by atoms with van der Waals surface area (Å²) in [7, 11) is 0. The quantitative estimate of drug-likeness (QED) is 0.0308. The number of hydrogen-bond acceptors (Lipinski definition) is 17. The van der Waals surface area contributed by atoms with E-state index in [9.17, 15) is 96.8 Å². The lowest BCUT2D eigenvalue weighted by atomic mass is 9.78. The molecule has 0 radical (unpaired) electrons. The largest absolute Gasteiger partial charge is 0.481 e. The van der Waals surface area contributed by atoms with Crippen LogP contribution in [0.1, 0.15) is 588 Å². The SMILES string of the molecule is CC(=O)CCCCCCCCCCCCCCC(=O)NCC1CCC(C(=O)C[C@@H](CCC(C)=O)C(=O)O)CC1.CC(=O)CCCCCCCCCCCCCCC(=O)NCC1CCC(C(C)=O)CC1.CC(=O)CCCCCCCCCCCCCCCCC(=O)NCC1CCC(C(C)=O)CC1.CC(=O)CCCCCCCCCCCCCCCCCCC(=O)C[C@@H](CCC(=O)C[C@@H](CCC(C)=O)C(=O)O)C(=O)O. The number of carboxylic acid groups (broad SMARTS) is 3. The van der Waals surface area contributed by atoms with Gasteiger partial charge in [-0.05, 0) is 221 Å². The summed E-state index contributed by atoms with van der Waals surface area (Å²) in [5.41, 5.74) is 0. The Hall–Kier alpha value is -6.81. The number of unbranched alkanes of at least 4 members (excludes halogenated alkanes) is 50. The molecule has 0 bridgehead atoms.